The summed E-state index contributed by atoms with van der Waals surface area (Å²) in [5.41, 5.74) is 0. The van der Waals surface area contributed by atoms with Crippen LogP contribution in [0.2, 0.25) is 0 Å². The third-order valence-electron chi connectivity index (χ3n) is 0. The molecule has 1 radical (unpaired) electrons. The third-order valence-corrected chi connectivity index (χ3v) is 0. The summed E-state index contributed by atoms with van der Waals surface area (Å²) in [7, 11) is 0. The van der Waals surface area contributed by atoms with Crippen molar-refractivity contribution in [2.24, 2.45) is 0 Å². The Kier molecular flexibility index (Phi) is 258. The molecule has 0 N–H and O–H groups in total. The van der Waals surface area contributed by atoms with Crippen molar-refractivity contribution in [1.82, 2.24) is 0 Å². The van der Waals surface area contributed by atoms with Gasteiger partial charge in [0.05, 0.1) is 0 Å². The smallest absolute Gasteiger partial charge is 0.0149 e. The number of rotatable bonds is 0. The molecule has 0 nitrogen and oxygen atoms in total. The van der Waals surface area contributed by atoms with Crippen LogP contribution in [0.25, 0.3) is 0 Å². The fourth-order valence-electron chi connectivity index (χ4n) is 0. The van der Waals surface area contributed by atoms with E-state index in [2.05, 4.69) is 0 Å². The Morgan fingerprint density at radius 3 is 1.00 bits per heavy atom. The summed E-state index contributed by atoms with van der Waals surface area (Å²) in [6, 6.07) is 0. The molecule has 0 aliphatic carbocycles. The Bertz CT molecular complexity index is 11.6. The van der Waals surface area contributed by atoms with E-state index >= 15 is 0 Å². The summed E-state index contributed by atoms with van der Waals surface area (Å²) in [5.74, 6) is 0. The standard InChI is InChI=1S/Al.Cr.Ni.H4Si.Y.3H/h;;;1H4;;;;. The van der Waals surface area contributed by atoms with Crippen LogP contribution in [0.15, 0.2) is 0 Å². The van der Waals surface area contributed by atoms with Gasteiger partial charge in [0.15, 0.2) is 17.4 Å². The van der Waals surface area contributed by atoms with Crippen molar-refractivity contribution in [3.05, 3.63) is 0 Å². The average molecular weight is 262 g/mol. The quantitative estimate of drug-likeness (QED) is 0.418. The zero-order chi connectivity index (χ0) is 0. The molecule has 0 heterocycles. The van der Waals surface area contributed by atoms with Crippen LogP contribution in [-0.4, -0.2) is 28.3 Å². The van der Waals surface area contributed by atoms with Crippen molar-refractivity contribution in [1.29, 1.82) is 0 Å². The zero-order valence-electron chi connectivity index (χ0n) is 1.30. The SMILES string of the molecule is [AlH3].[Cr].[Ni].[SiH4].[Y]. The van der Waals surface area contributed by atoms with Crippen LogP contribution in [-0.2, 0) is 66.6 Å². The molecule has 0 rings (SSSR count). The topological polar surface area (TPSA) is 0 Å². The predicted molar refractivity (Wildman–Crippen MR) is 21.3 cm³/mol. The average Bonchev–Trinajstić information content (AvgIpc) is 0. The summed E-state index contributed by atoms with van der Waals surface area (Å²) < 4.78 is 0. The molecule has 0 aliphatic rings. The molecular formula is H7AlCrNiSiY. The summed E-state index contributed by atoms with van der Waals surface area (Å²) in [6.07, 6.45) is 0. The van der Waals surface area contributed by atoms with Crippen molar-refractivity contribution in [2.75, 3.05) is 0 Å². The Hall–Kier alpha value is 2.88. The minimum atomic E-state index is 0. The molecule has 33 valence electrons. The second-order valence-corrected chi connectivity index (χ2v) is 0. The van der Waals surface area contributed by atoms with Gasteiger partial charge in [-0.25, -0.2) is 0 Å². The third kappa shape index (κ3) is 19.8. The Morgan fingerprint density at radius 1 is 1.00 bits per heavy atom. The molecule has 0 unspecified atom stereocenters. The first kappa shape index (κ1) is 45.0. The molecule has 0 aliphatic heterocycles. The normalized spacial score (nSPS) is 0. The van der Waals surface area contributed by atoms with Gasteiger partial charge < -0.3 is 0 Å². The summed E-state index contributed by atoms with van der Waals surface area (Å²) in [4.78, 5) is 0. The monoisotopic (exact) mass is 261 g/mol. The molecular weight excluding hydrogens is 255 g/mol. The van der Waals surface area contributed by atoms with Gasteiger partial charge >= 0.3 is 0 Å². The van der Waals surface area contributed by atoms with Gasteiger partial charge in [-0.05, 0) is 11.0 Å². The van der Waals surface area contributed by atoms with Gasteiger partial charge in [0.2, 0.25) is 0 Å². The maximum absolute atomic E-state index is 0. The van der Waals surface area contributed by atoms with E-state index in [0.717, 1.165) is 0 Å². The van der Waals surface area contributed by atoms with E-state index in [1.54, 1.807) is 0 Å². The molecule has 0 amide bonds. The Labute approximate surface area is 93.3 Å². The van der Waals surface area contributed by atoms with Crippen molar-refractivity contribution < 1.29 is 66.6 Å². The van der Waals surface area contributed by atoms with Gasteiger partial charge in [0, 0.05) is 66.6 Å². The van der Waals surface area contributed by atoms with E-state index in [9.17, 15) is 0 Å². The van der Waals surface area contributed by atoms with Gasteiger partial charge in [0.25, 0.3) is 0 Å². The molecule has 0 bridgehead atoms. The maximum Gasteiger partial charge on any atom is 0.187 e. The van der Waals surface area contributed by atoms with Crippen LogP contribution in [0.3, 0.4) is 0 Å². The second kappa shape index (κ2) is 28.7. The molecule has 0 aromatic carbocycles. The van der Waals surface area contributed by atoms with Gasteiger partial charge in [-0.1, -0.05) is 0 Å². The van der Waals surface area contributed by atoms with Crippen LogP contribution in [0.1, 0.15) is 0 Å². The van der Waals surface area contributed by atoms with Crippen molar-refractivity contribution in [2.45, 2.75) is 0 Å². The van der Waals surface area contributed by atoms with Gasteiger partial charge in [-0.15, -0.1) is 0 Å². The molecule has 0 atom stereocenters. The summed E-state index contributed by atoms with van der Waals surface area (Å²) in [6.45, 7) is 0. The minimum Gasteiger partial charge on any atom is -0.0149 e. The van der Waals surface area contributed by atoms with Crippen LogP contribution in [0.4, 0.5) is 0 Å². The van der Waals surface area contributed by atoms with Gasteiger partial charge in [-0.2, -0.15) is 0 Å². The minimum absolute atomic E-state index is 0. The largest absolute Gasteiger partial charge is 0.187 e. The van der Waals surface area contributed by atoms with E-state index in [0.29, 0.717) is 0 Å². The van der Waals surface area contributed by atoms with E-state index in [1.807, 2.05) is 0 Å². The predicted octanol–water partition coefficient (Wildman–Crippen LogP) is -2.64. The zero-order valence-corrected chi connectivity index (χ0v) is 6.40. The van der Waals surface area contributed by atoms with Crippen molar-refractivity contribution >= 4 is 28.3 Å². The molecule has 0 saturated carbocycles. The van der Waals surface area contributed by atoms with Crippen LogP contribution >= 0.6 is 0 Å². The Morgan fingerprint density at radius 2 is 1.00 bits per heavy atom. The first-order valence-electron chi connectivity index (χ1n) is 0. The Balaban J connectivity index is 0. The molecule has 0 fully saturated rings. The number of hydrogen-bond acceptors (Lipinski definition) is 0. The molecule has 0 saturated heterocycles. The van der Waals surface area contributed by atoms with E-state index in [1.165, 1.54) is 0 Å². The van der Waals surface area contributed by atoms with E-state index < -0.39 is 0 Å². The first-order chi connectivity index (χ1) is 0. The van der Waals surface area contributed by atoms with Crippen molar-refractivity contribution in [3.63, 3.8) is 0 Å². The maximum atomic E-state index is 0. The van der Waals surface area contributed by atoms with E-state index in [4.69, 9.17) is 0 Å². The van der Waals surface area contributed by atoms with Crippen LogP contribution in [0.5, 0.6) is 0 Å². The summed E-state index contributed by atoms with van der Waals surface area (Å²) >= 11 is 0. The molecule has 5 heavy (non-hydrogen) atoms. The fourth-order valence-corrected chi connectivity index (χ4v) is 0. The second-order valence-electron chi connectivity index (χ2n) is 0. The molecule has 0 aromatic rings. The molecule has 0 spiro atoms. The van der Waals surface area contributed by atoms with Gasteiger partial charge in [-0.3, -0.25) is 0 Å². The summed E-state index contributed by atoms with van der Waals surface area (Å²) in [5, 5.41) is 0. The molecule has 5 heteroatoms. The van der Waals surface area contributed by atoms with Crippen molar-refractivity contribution in [3.8, 4) is 0 Å². The van der Waals surface area contributed by atoms with Crippen LogP contribution < -0.4 is 0 Å². The van der Waals surface area contributed by atoms with E-state index in [-0.39, 0.29) is 94.9 Å². The number of hydrogen-bond donors (Lipinski definition) is 0. The van der Waals surface area contributed by atoms with Gasteiger partial charge in [0.1, 0.15) is 0 Å². The fraction of sp³-hybridized carbons (Fsp3) is 0. The molecule has 0 aromatic heterocycles. The van der Waals surface area contributed by atoms with Crippen LogP contribution in [0, 0.1) is 0 Å². The first-order valence-corrected chi connectivity index (χ1v) is 0.